The molecule has 2 N–H and O–H groups in total. The summed E-state index contributed by atoms with van der Waals surface area (Å²) in [6.07, 6.45) is 0.458. The predicted octanol–water partition coefficient (Wildman–Crippen LogP) is 5.38. The summed E-state index contributed by atoms with van der Waals surface area (Å²) in [5, 5.41) is 12.1. The number of amides is 1. The zero-order valence-electron chi connectivity index (χ0n) is 19.1. The Hall–Kier alpha value is -3.29. The van der Waals surface area contributed by atoms with Crippen LogP contribution in [0.15, 0.2) is 76.2 Å². The van der Waals surface area contributed by atoms with E-state index in [2.05, 4.69) is 26.1 Å². The SMILES string of the molecule is CN(C)Cc1ccc(N=C(c2cccc(CCC(=O)O)c2)C2C(=O)Nc3cc(Br)ccc32)cc1. The van der Waals surface area contributed by atoms with Crippen molar-refractivity contribution in [2.75, 3.05) is 19.4 Å². The number of carboxylic acid groups (broad SMARTS) is 1. The highest BCUT2D eigenvalue weighted by molar-refractivity contribution is 9.10. The number of hydrogen-bond donors (Lipinski definition) is 2. The topological polar surface area (TPSA) is 82.0 Å². The molecule has 0 saturated heterocycles. The Kier molecular flexibility index (Phi) is 7.24. The number of rotatable bonds is 8. The van der Waals surface area contributed by atoms with Crippen molar-refractivity contribution in [3.8, 4) is 0 Å². The van der Waals surface area contributed by atoms with Gasteiger partial charge >= 0.3 is 5.97 Å². The van der Waals surface area contributed by atoms with Crippen LogP contribution >= 0.6 is 15.9 Å². The first kappa shape index (κ1) is 23.9. The zero-order chi connectivity index (χ0) is 24.2. The summed E-state index contributed by atoms with van der Waals surface area (Å²) in [6.45, 7) is 0.829. The van der Waals surface area contributed by atoms with Gasteiger partial charge < -0.3 is 15.3 Å². The summed E-state index contributed by atoms with van der Waals surface area (Å²) in [4.78, 5) is 31.2. The lowest BCUT2D eigenvalue weighted by molar-refractivity contribution is -0.137. The smallest absolute Gasteiger partial charge is 0.303 e. The molecule has 1 heterocycles. The van der Waals surface area contributed by atoms with E-state index in [4.69, 9.17) is 10.1 Å². The number of hydrogen-bond acceptors (Lipinski definition) is 4. The molecular formula is C27H26BrN3O3. The van der Waals surface area contributed by atoms with Gasteiger partial charge in [0.05, 0.1) is 11.4 Å². The number of carbonyl (C=O) groups excluding carboxylic acids is 1. The third-order valence-electron chi connectivity index (χ3n) is 5.65. The van der Waals surface area contributed by atoms with Gasteiger partial charge in [0.2, 0.25) is 5.91 Å². The Balaban J connectivity index is 1.78. The van der Waals surface area contributed by atoms with Crippen LogP contribution < -0.4 is 5.32 Å². The first-order valence-corrected chi connectivity index (χ1v) is 11.8. The monoisotopic (exact) mass is 519 g/mol. The molecule has 1 unspecified atom stereocenters. The van der Waals surface area contributed by atoms with Gasteiger partial charge in [-0.2, -0.15) is 0 Å². The molecule has 174 valence electrons. The van der Waals surface area contributed by atoms with E-state index in [1.54, 1.807) is 0 Å². The molecule has 3 aromatic carbocycles. The van der Waals surface area contributed by atoms with Crippen molar-refractivity contribution in [3.63, 3.8) is 0 Å². The van der Waals surface area contributed by atoms with Crippen LogP contribution in [-0.2, 0) is 22.6 Å². The minimum absolute atomic E-state index is 0.0457. The van der Waals surface area contributed by atoms with Gasteiger partial charge in [-0.05, 0) is 73.1 Å². The van der Waals surface area contributed by atoms with Crippen LogP contribution in [0.2, 0.25) is 0 Å². The van der Waals surface area contributed by atoms with Gasteiger partial charge in [0.15, 0.2) is 0 Å². The van der Waals surface area contributed by atoms with Gasteiger partial charge in [-0.15, -0.1) is 0 Å². The Morgan fingerprint density at radius 1 is 1.06 bits per heavy atom. The summed E-state index contributed by atoms with van der Waals surface area (Å²) in [5.74, 6) is -1.54. The number of anilines is 1. The van der Waals surface area contributed by atoms with Gasteiger partial charge in [0.25, 0.3) is 0 Å². The molecule has 1 atom stereocenters. The predicted molar refractivity (Wildman–Crippen MR) is 138 cm³/mol. The van der Waals surface area contributed by atoms with Crippen LogP contribution in [0, 0.1) is 0 Å². The molecule has 0 saturated carbocycles. The van der Waals surface area contributed by atoms with Gasteiger partial charge in [0, 0.05) is 23.1 Å². The third kappa shape index (κ3) is 5.61. The van der Waals surface area contributed by atoms with Crippen molar-refractivity contribution in [2.24, 2.45) is 4.99 Å². The van der Waals surface area contributed by atoms with Gasteiger partial charge in [-0.3, -0.25) is 14.6 Å². The average Bonchev–Trinajstić information content (AvgIpc) is 3.11. The highest BCUT2D eigenvalue weighted by Crippen LogP contribution is 2.38. The molecule has 4 rings (SSSR count). The van der Waals surface area contributed by atoms with E-state index in [9.17, 15) is 9.59 Å². The third-order valence-corrected chi connectivity index (χ3v) is 6.15. The Morgan fingerprint density at radius 3 is 2.53 bits per heavy atom. The number of aryl methyl sites for hydroxylation is 1. The highest BCUT2D eigenvalue weighted by Gasteiger charge is 2.35. The second-order valence-corrected chi connectivity index (χ2v) is 9.56. The van der Waals surface area contributed by atoms with Crippen molar-refractivity contribution >= 4 is 44.9 Å². The number of carboxylic acids is 1. The maximum Gasteiger partial charge on any atom is 0.303 e. The van der Waals surface area contributed by atoms with Gasteiger partial charge in [-0.1, -0.05) is 52.3 Å². The molecule has 6 nitrogen and oxygen atoms in total. The van der Waals surface area contributed by atoms with Crippen molar-refractivity contribution < 1.29 is 14.7 Å². The molecule has 1 aliphatic rings. The quantitative estimate of drug-likeness (QED) is 0.391. The van der Waals surface area contributed by atoms with Crippen molar-refractivity contribution in [1.82, 2.24) is 4.90 Å². The molecule has 1 aliphatic heterocycles. The molecule has 0 radical (unpaired) electrons. The Labute approximate surface area is 207 Å². The number of carbonyl (C=O) groups is 2. The Morgan fingerprint density at radius 2 is 1.82 bits per heavy atom. The summed E-state index contributed by atoms with van der Waals surface area (Å²) >= 11 is 3.47. The first-order chi connectivity index (χ1) is 16.3. The molecule has 1 amide bonds. The van der Waals surface area contributed by atoms with Crippen LogP contribution in [0.4, 0.5) is 11.4 Å². The number of fused-ring (bicyclic) bond motifs is 1. The second kappa shape index (κ2) is 10.3. The van der Waals surface area contributed by atoms with Crippen LogP contribution in [0.25, 0.3) is 0 Å². The first-order valence-electron chi connectivity index (χ1n) is 11.0. The normalized spacial score (nSPS) is 15.4. The van der Waals surface area contributed by atoms with E-state index in [0.29, 0.717) is 12.1 Å². The molecule has 34 heavy (non-hydrogen) atoms. The minimum Gasteiger partial charge on any atom is -0.481 e. The zero-order valence-corrected chi connectivity index (χ0v) is 20.7. The fourth-order valence-electron chi connectivity index (χ4n) is 4.12. The second-order valence-electron chi connectivity index (χ2n) is 8.65. The number of aliphatic imine (C=N–C) groups is 1. The number of benzene rings is 3. The summed E-state index contributed by atoms with van der Waals surface area (Å²) in [7, 11) is 4.05. The maximum absolute atomic E-state index is 13.1. The van der Waals surface area contributed by atoms with Crippen LogP contribution in [0.3, 0.4) is 0 Å². The van der Waals surface area contributed by atoms with Gasteiger partial charge in [-0.25, -0.2) is 0 Å². The summed E-state index contributed by atoms with van der Waals surface area (Å²) in [5.41, 5.74) is 5.89. The number of nitrogens with one attached hydrogen (secondary N) is 1. The van der Waals surface area contributed by atoms with Crippen LogP contribution in [-0.4, -0.2) is 41.7 Å². The molecular weight excluding hydrogens is 494 g/mol. The lowest BCUT2D eigenvalue weighted by Gasteiger charge is -2.15. The Bertz CT molecular complexity index is 1250. The van der Waals surface area contributed by atoms with E-state index >= 15 is 0 Å². The van der Waals surface area contributed by atoms with E-state index < -0.39 is 11.9 Å². The highest BCUT2D eigenvalue weighted by atomic mass is 79.9. The van der Waals surface area contributed by atoms with Crippen LogP contribution in [0.1, 0.15) is 34.6 Å². The maximum atomic E-state index is 13.1. The summed E-state index contributed by atoms with van der Waals surface area (Å²) in [6, 6.07) is 21.4. The van der Waals surface area contributed by atoms with E-state index in [0.717, 1.165) is 39.1 Å². The van der Waals surface area contributed by atoms with E-state index in [1.165, 1.54) is 5.56 Å². The molecule has 0 aromatic heterocycles. The number of nitrogens with zero attached hydrogens (tertiary/aromatic N) is 2. The molecule has 0 aliphatic carbocycles. The lowest BCUT2D eigenvalue weighted by Crippen LogP contribution is -2.22. The molecule has 0 fully saturated rings. The minimum atomic E-state index is -0.841. The molecule has 7 heteroatoms. The fourth-order valence-corrected chi connectivity index (χ4v) is 4.48. The van der Waals surface area contributed by atoms with Crippen molar-refractivity contribution in [2.45, 2.75) is 25.3 Å². The van der Waals surface area contributed by atoms with Crippen molar-refractivity contribution in [3.05, 3.63) is 93.5 Å². The standard InChI is InChI=1S/C27H26BrN3O3/c1-31(2)16-18-6-10-21(11-7-18)29-26(19-5-3-4-17(14-19)8-13-24(32)33)25-22-12-9-20(28)15-23(22)30-27(25)34/h3-7,9-12,14-15,25H,8,13,16H2,1-2H3,(H,30,34)(H,32,33). The van der Waals surface area contributed by atoms with E-state index in [-0.39, 0.29) is 12.3 Å². The number of aliphatic carboxylic acids is 1. The lowest BCUT2D eigenvalue weighted by atomic mass is 9.89. The molecule has 0 spiro atoms. The molecule has 3 aromatic rings. The fraction of sp³-hybridized carbons (Fsp3) is 0.222. The summed E-state index contributed by atoms with van der Waals surface area (Å²) < 4.78 is 0.887. The van der Waals surface area contributed by atoms with E-state index in [1.807, 2.05) is 80.8 Å². The van der Waals surface area contributed by atoms with Gasteiger partial charge in [0.1, 0.15) is 5.92 Å². The largest absolute Gasteiger partial charge is 0.481 e. The van der Waals surface area contributed by atoms with Crippen molar-refractivity contribution in [1.29, 1.82) is 0 Å². The number of halogens is 1. The molecule has 0 bridgehead atoms. The van der Waals surface area contributed by atoms with Crippen LogP contribution in [0.5, 0.6) is 0 Å². The average molecular weight is 520 g/mol.